The maximum Gasteiger partial charge on any atom is 0.0939 e. The molecule has 2 nitrogen and oxygen atoms in total. The van der Waals surface area contributed by atoms with Crippen LogP contribution in [0.25, 0.3) is 0 Å². The van der Waals surface area contributed by atoms with Crippen molar-refractivity contribution in [2.45, 2.75) is 96.2 Å². The molecule has 0 heterocycles. The van der Waals surface area contributed by atoms with E-state index < -0.39 is 0 Å². The summed E-state index contributed by atoms with van der Waals surface area (Å²) in [6.45, 7) is 5.01. The fourth-order valence-electron chi connectivity index (χ4n) is 3.22. The van der Waals surface area contributed by atoms with Crippen LogP contribution in [0.5, 0.6) is 0 Å². The Morgan fingerprint density at radius 3 is 2.22 bits per heavy atom. The zero-order valence-corrected chi connectivity index (χ0v) is 12.4. The fourth-order valence-corrected chi connectivity index (χ4v) is 3.22. The predicted molar refractivity (Wildman–Crippen MR) is 76.8 cm³/mol. The van der Waals surface area contributed by atoms with Gasteiger partial charge in [-0.25, -0.2) is 0 Å². The SMILES string of the molecule is CCCCCCC(O)C1(OCC)CCCCCC1. The van der Waals surface area contributed by atoms with E-state index in [-0.39, 0.29) is 11.7 Å². The Morgan fingerprint density at radius 1 is 1.00 bits per heavy atom. The van der Waals surface area contributed by atoms with Gasteiger partial charge < -0.3 is 9.84 Å². The lowest BCUT2D eigenvalue weighted by atomic mass is 9.85. The summed E-state index contributed by atoms with van der Waals surface area (Å²) in [4.78, 5) is 0. The molecule has 2 heteroatoms. The molecule has 1 saturated carbocycles. The molecule has 1 fully saturated rings. The minimum Gasteiger partial charge on any atom is -0.390 e. The zero-order chi connectivity index (χ0) is 13.3. The Hall–Kier alpha value is -0.0800. The molecular weight excluding hydrogens is 224 g/mol. The first kappa shape index (κ1) is 16.0. The van der Waals surface area contributed by atoms with Gasteiger partial charge in [0.2, 0.25) is 0 Å². The number of rotatable bonds is 8. The molecule has 108 valence electrons. The van der Waals surface area contributed by atoms with Crippen molar-refractivity contribution in [1.82, 2.24) is 0 Å². The van der Waals surface area contributed by atoms with Gasteiger partial charge in [-0.3, -0.25) is 0 Å². The molecule has 0 amide bonds. The molecule has 0 spiro atoms. The predicted octanol–water partition coefficient (Wildman–Crippen LogP) is 4.45. The van der Waals surface area contributed by atoms with Gasteiger partial charge in [0.1, 0.15) is 0 Å². The average Bonchev–Trinajstić information content (AvgIpc) is 2.61. The van der Waals surface area contributed by atoms with Crippen LogP contribution in [0.15, 0.2) is 0 Å². The van der Waals surface area contributed by atoms with Crippen LogP contribution in [0.2, 0.25) is 0 Å². The lowest BCUT2D eigenvalue weighted by Crippen LogP contribution is -2.44. The van der Waals surface area contributed by atoms with Crippen molar-refractivity contribution in [2.75, 3.05) is 6.61 Å². The first-order chi connectivity index (χ1) is 8.75. The highest BCUT2D eigenvalue weighted by Gasteiger charge is 2.38. The summed E-state index contributed by atoms with van der Waals surface area (Å²) in [7, 11) is 0. The molecule has 1 aliphatic carbocycles. The lowest BCUT2D eigenvalue weighted by Gasteiger charge is -2.37. The van der Waals surface area contributed by atoms with Gasteiger partial charge in [-0.1, -0.05) is 58.3 Å². The van der Waals surface area contributed by atoms with Crippen molar-refractivity contribution in [1.29, 1.82) is 0 Å². The molecule has 0 aromatic carbocycles. The molecule has 0 saturated heterocycles. The summed E-state index contributed by atoms with van der Waals surface area (Å²) < 4.78 is 6.02. The van der Waals surface area contributed by atoms with Crippen molar-refractivity contribution in [3.05, 3.63) is 0 Å². The van der Waals surface area contributed by atoms with E-state index in [2.05, 4.69) is 13.8 Å². The minimum atomic E-state index is -0.257. The van der Waals surface area contributed by atoms with E-state index in [0.717, 1.165) is 32.3 Å². The van der Waals surface area contributed by atoms with Crippen molar-refractivity contribution < 1.29 is 9.84 Å². The topological polar surface area (TPSA) is 29.5 Å². The Kier molecular flexibility index (Phi) is 7.92. The average molecular weight is 256 g/mol. The van der Waals surface area contributed by atoms with Crippen molar-refractivity contribution in [3.63, 3.8) is 0 Å². The van der Waals surface area contributed by atoms with E-state index in [1.807, 2.05) is 0 Å². The van der Waals surface area contributed by atoms with Crippen LogP contribution >= 0.6 is 0 Å². The Balaban J connectivity index is 2.47. The molecule has 1 aliphatic rings. The third-order valence-electron chi connectivity index (χ3n) is 4.32. The van der Waals surface area contributed by atoms with E-state index in [0.29, 0.717) is 0 Å². The highest BCUT2D eigenvalue weighted by Crippen LogP contribution is 2.35. The summed E-state index contributed by atoms with van der Waals surface area (Å²) in [5.41, 5.74) is -0.225. The molecule has 1 unspecified atom stereocenters. The Labute approximate surface area is 113 Å². The van der Waals surface area contributed by atoms with Crippen molar-refractivity contribution in [3.8, 4) is 0 Å². The molecule has 0 aliphatic heterocycles. The summed E-state index contributed by atoms with van der Waals surface area (Å²) in [5.74, 6) is 0. The zero-order valence-electron chi connectivity index (χ0n) is 12.4. The van der Waals surface area contributed by atoms with Crippen LogP contribution in [0.4, 0.5) is 0 Å². The second-order valence-corrected chi connectivity index (χ2v) is 5.78. The van der Waals surface area contributed by atoms with Crippen LogP contribution in [0.1, 0.15) is 84.5 Å². The van der Waals surface area contributed by atoms with Gasteiger partial charge in [0.25, 0.3) is 0 Å². The van der Waals surface area contributed by atoms with E-state index in [9.17, 15) is 5.11 Å². The minimum absolute atomic E-state index is 0.225. The fraction of sp³-hybridized carbons (Fsp3) is 1.00. The standard InChI is InChI=1S/C16H32O2/c1-3-5-6-9-12-15(17)16(18-4-2)13-10-7-8-11-14-16/h15,17H,3-14H2,1-2H3. The monoisotopic (exact) mass is 256 g/mol. The third-order valence-corrected chi connectivity index (χ3v) is 4.32. The quantitative estimate of drug-likeness (QED) is 0.513. The lowest BCUT2D eigenvalue weighted by molar-refractivity contribution is -0.131. The van der Waals surface area contributed by atoms with Gasteiger partial charge in [-0.05, 0) is 26.2 Å². The van der Waals surface area contributed by atoms with Gasteiger partial charge in [0, 0.05) is 6.61 Å². The number of unbranched alkanes of at least 4 members (excludes halogenated alkanes) is 3. The van der Waals surface area contributed by atoms with Gasteiger partial charge in [0.15, 0.2) is 0 Å². The summed E-state index contributed by atoms with van der Waals surface area (Å²) in [6, 6.07) is 0. The summed E-state index contributed by atoms with van der Waals surface area (Å²) in [5, 5.41) is 10.6. The molecule has 0 bridgehead atoms. The van der Waals surface area contributed by atoms with Crippen molar-refractivity contribution in [2.24, 2.45) is 0 Å². The molecule has 1 N–H and O–H groups in total. The Bertz CT molecular complexity index is 195. The first-order valence-corrected chi connectivity index (χ1v) is 8.07. The number of aliphatic hydroxyl groups excluding tert-OH is 1. The smallest absolute Gasteiger partial charge is 0.0939 e. The molecule has 1 rings (SSSR count). The van der Waals surface area contributed by atoms with E-state index >= 15 is 0 Å². The highest BCUT2D eigenvalue weighted by molar-refractivity contribution is 4.90. The molecule has 0 radical (unpaired) electrons. The molecule has 0 aromatic rings. The second-order valence-electron chi connectivity index (χ2n) is 5.78. The van der Waals surface area contributed by atoms with E-state index in [4.69, 9.17) is 4.74 Å². The highest BCUT2D eigenvalue weighted by atomic mass is 16.5. The Morgan fingerprint density at radius 2 is 1.67 bits per heavy atom. The van der Waals surface area contributed by atoms with E-state index in [1.165, 1.54) is 44.9 Å². The van der Waals surface area contributed by atoms with Crippen LogP contribution in [-0.4, -0.2) is 23.4 Å². The second kappa shape index (κ2) is 8.92. The maximum atomic E-state index is 10.6. The molecule has 1 atom stereocenters. The molecule has 18 heavy (non-hydrogen) atoms. The van der Waals surface area contributed by atoms with Crippen LogP contribution in [0.3, 0.4) is 0 Å². The maximum absolute atomic E-state index is 10.6. The normalized spacial score (nSPS) is 21.5. The first-order valence-electron chi connectivity index (χ1n) is 8.07. The van der Waals surface area contributed by atoms with Crippen LogP contribution in [-0.2, 0) is 4.74 Å². The molecule has 0 aromatic heterocycles. The van der Waals surface area contributed by atoms with Crippen molar-refractivity contribution >= 4 is 0 Å². The third kappa shape index (κ3) is 4.89. The number of ether oxygens (including phenoxy) is 1. The molecular formula is C16H32O2. The van der Waals surface area contributed by atoms with Gasteiger partial charge in [0.05, 0.1) is 11.7 Å². The number of hydrogen-bond donors (Lipinski definition) is 1. The van der Waals surface area contributed by atoms with Crippen LogP contribution < -0.4 is 0 Å². The van der Waals surface area contributed by atoms with Gasteiger partial charge >= 0.3 is 0 Å². The largest absolute Gasteiger partial charge is 0.390 e. The van der Waals surface area contributed by atoms with Gasteiger partial charge in [-0.15, -0.1) is 0 Å². The number of aliphatic hydroxyl groups is 1. The summed E-state index contributed by atoms with van der Waals surface area (Å²) in [6.07, 6.45) is 12.7. The van der Waals surface area contributed by atoms with Crippen LogP contribution in [0, 0.1) is 0 Å². The summed E-state index contributed by atoms with van der Waals surface area (Å²) >= 11 is 0. The van der Waals surface area contributed by atoms with E-state index in [1.54, 1.807) is 0 Å². The number of hydrogen-bond acceptors (Lipinski definition) is 2. The van der Waals surface area contributed by atoms with Gasteiger partial charge in [-0.2, -0.15) is 0 Å².